The number of rotatable bonds is 6. The third-order valence-corrected chi connectivity index (χ3v) is 4.32. The van der Waals surface area contributed by atoms with Crippen molar-refractivity contribution in [1.29, 1.82) is 0 Å². The SMILES string of the molecule is CCn1nnc(CCNC(=O)Nc2nc3ccc(-c4ccc(N)nc4)cn3c2F)n1. The summed E-state index contributed by atoms with van der Waals surface area (Å²) >= 11 is 0. The van der Waals surface area contributed by atoms with Gasteiger partial charge in [-0.05, 0) is 36.4 Å². The number of amides is 2. The van der Waals surface area contributed by atoms with Crippen LogP contribution >= 0.6 is 0 Å². The van der Waals surface area contributed by atoms with E-state index in [1.807, 2.05) is 6.92 Å². The molecule has 4 N–H and O–H groups in total. The van der Waals surface area contributed by atoms with Gasteiger partial charge in [-0.2, -0.15) is 9.19 Å². The quantitative estimate of drug-likeness (QED) is 0.437. The lowest BCUT2D eigenvalue weighted by atomic mass is 10.1. The lowest BCUT2D eigenvalue weighted by Crippen LogP contribution is -2.31. The number of aromatic nitrogens is 7. The number of anilines is 2. The number of hydrogen-bond acceptors (Lipinski definition) is 7. The number of pyridine rings is 2. The first-order valence-electron chi connectivity index (χ1n) is 9.24. The molecule has 30 heavy (non-hydrogen) atoms. The molecule has 2 amide bonds. The maximum atomic E-state index is 14.8. The molecule has 11 nitrogen and oxygen atoms in total. The van der Waals surface area contributed by atoms with Gasteiger partial charge in [-0.15, -0.1) is 10.2 Å². The van der Waals surface area contributed by atoms with Gasteiger partial charge in [0.25, 0.3) is 0 Å². The number of halogens is 1. The summed E-state index contributed by atoms with van der Waals surface area (Å²) < 4.78 is 16.0. The van der Waals surface area contributed by atoms with E-state index in [2.05, 4.69) is 36.0 Å². The van der Waals surface area contributed by atoms with Crippen molar-refractivity contribution in [2.75, 3.05) is 17.6 Å². The first-order chi connectivity index (χ1) is 14.5. The van der Waals surface area contributed by atoms with Crippen LogP contribution < -0.4 is 16.4 Å². The molecule has 0 fully saturated rings. The topological polar surface area (TPSA) is 141 Å². The van der Waals surface area contributed by atoms with E-state index in [0.717, 1.165) is 11.1 Å². The maximum absolute atomic E-state index is 14.8. The summed E-state index contributed by atoms with van der Waals surface area (Å²) in [6.45, 7) is 2.78. The summed E-state index contributed by atoms with van der Waals surface area (Å²) in [4.78, 5) is 21.7. The molecule has 154 valence electrons. The Bertz CT molecular complexity index is 1180. The minimum Gasteiger partial charge on any atom is -0.384 e. The van der Waals surface area contributed by atoms with Crippen LogP contribution in [0.5, 0.6) is 0 Å². The van der Waals surface area contributed by atoms with Gasteiger partial charge in [-0.3, -0.25) is 9.72 Å². The second-order valence-electron chi connectivity index (χ2n) is 6.39. The van der Waals surface area contributed by atoms with Gasteiger partial charge >= 0.3 is 6.03 Å². The number of nitrogens with zero attached hydrogens (tertiary/aromatic N) is 7. The van der Waals surface area contributed by atoms with Crippen LogP contribution in [0, 0.1) is 5.95 Å². The van der Waals surface area contributed by atoms with Crippen molar-refractivity contribution in [3.05, 3.63) is 48.4 Å². The van der Waals surface area contributed by atoms with Crippen molar-refractivity contribution in [2.45, 2.75) is 19.9 Å². The second kappa shape index (κ2) is 8.11. The molecule has 0 aromatic carbocycles. The Balaban J connectivity index is 1.42. The van der Waals surface area contributed by atoms with Gasteiger partial charge in [-0.25, -0.2) is 14.8 Å². The minimum atomic E-state index is -0.682. The molecule has 0 saturated carbocycles. The lowest BCUT2D eigenvalue weighted by molar-refractivity contribution is 0.252. The molecular weight excluding hydrogens is 391 g/mol. The predicted molar refractivity (Wildman–Crippen MR) is 107 cm³/mol. The summed E-state index contributed by atoms with van der Waals surface area (Å²) in [5.41, 5.74) is 7.47. The molecule has 0 saturated heterocycles. The van der Waals surface area contributed by atoms with Gasteiger partial charge in [0.05, 0.1) is 6.54 Å². The molecule has 0 atom stereocenters. The number of hydrogen-bond donors (Lipinski definition) is 3. The molecule has 4 aromatic heterocycles. The first kappa shape index (κ1) is 19.2. The van der Waals surface area contributed by atoms with Gasteiger partial charge in [0.1, 0.15) is 11.5 Å². The van der Waals surface area contributed by atoms with Gasteiger partial charge < -0.3 is 11.1 Å². The normalized spacial score (nSPS) is 11.0. The van der Waals surface area contributed by atoms with E-state index >= 15 is 0 Å². The second-order valence-corrected chi connectivity index (χ2v) is 6.39. The number of tetrazole rings is 1. The molecule has 4 rings (SSSR count). The number of fused-ring (bicyclic) bond motifs is 1. The van der Waals surface area contributed by atoms with E-state index in [9.17, 15) is 9.18 Å². The molecule has 0 spiro atoms. The van der Waals surface area contributed by atoms with Gasteiger partial charge in [0.15, 0.2) is 11.6 Å². The van der Waals surface area contributed by atoms with Crippen LogP contribution in [0.2, 0.25) is 0 Å². The Labute approximate surface area is 170 Å². The smallest absolute Gasteiger partial charge is 0.320 e. The summed E-state index contributed by atoms with van der Waals surface area (Å²) in [6.07, 6.45) is 3.59. The average Bonchev–Trinajstić information content (AvgIpc) is 3.33. The Morgan fingerprint density at radius 1 is 1.23 bits per heavy atom. The number of nitrogens with one attached hydrogen (secondary N) is 2. The predicted octanol–water partition coefficient (Wildman–Crippen LogP) is 1.49. The number of urea groups is 1. The summed E-state index contributed by atoms with van der Waals surface area (Å²) in [7, 11) is 0. The molecule has 0 bridgehead atoms. The zero-order valence-electron chi connectivity index (χ0n) is 16.1. The molecular formula is C18H19FN10O. The van der Waals surface area contributed by atoms with Crippen molar-refractivity contribution in [1.82, 2.24) is 39.9 Å². The van der Waals surface area contributed by atoms with Crippen molar-refractivity contribution in [3.8, 4) is 11.1 Å². The highest BCUT2D eigenvalue weighted by molar-refractivity contribution is 5.88. The largest absolute Gasteiger partial charge is 0.384 e. The zero-order valence-corrected chi connectivity index (χ0v) is 16.1. The number of nitrogens with two attached hydrogens (primary N) is 1. The number of imidazole rings is 1. The maximum Gasteiger partial charge on any atom is 0.320 e. The van der Waals surface area contributed by atoms with Gasteiger partial charge in [0.2, 0.25) is 5.95 Å². The Kier molecular flexibility index (Phi) is 5.20. The molecule has 0 aliphatic carbocycles. The fraction of sp³-hybridized carbons (Fsp3) is 0.222. The summed E-state index contributed by atoms with van der Waals surface area (Å²) in [5.74, 6) is 0.0609. The molecule has 0 aliphatic rings. The average molecular weight is 410 g/mol. The van der Waals surface area contributed by atoms with Crippen LogP contribution in [0.15, 0.2) is 36.7 Å². The zero-order chi connectivity index (χ0) is 21.1. The van der Waals surface area contributed by atoms with Crippen LogP contribution in [0.3, 0.4) is 0 Å². The number of carbonyl (C=O) groups is 1. The van der Waals surface area contributed by atoms with Gasteiger partial charge in [-0.1, -0.05) is 0 Å². The van der Waals surface area contributed by atoms with Crippen LogP contribution in [0.4, 0.5) is 20.8 Å². The highest BCUT2D eigenvalue weighted by atomic mass is 19.1. The van der Waals surface area contributed by atoms with E-state index in [1.165, 1.54) is 9.20 Å². The van der Waals surface area contributed by atoms with Crippen LogP contribution in [0.1, 0.15) is 12.7 Å². The monoisotopic (exact) mass is 410 g/mol. The number of carbonyl (C=O) groups excluding carboxylic acids is 1. The summed E-state index contributed by atoms with van der Waals surface area (Å²) in [6, 6.07) is 6.32. The van der Waals surface area contributed by atoms with Crippen LogP contribution in [-0.4, -0.2) is 47.2 Å². The molecule has 4 aromatic rings. The van der Waals surface area contributed by atoms with Crippen molar-refractivity contribution in [3.63, 3.8) is 0 Å². The fourth-order valence-electron chi connectivity index (χ4n) is 2.79. The Morgan fingerprint density at radius 2 is 2.07 bits per heavy atom. The van der Waals surface area contributed by atoms with Crippen LogP contribution in [0.25, 0.3) is 16.8 Å². The Morgan fingerprint density at radius 3 is 2.80 bits per heavy atom. The highest BCUT2D eigenvalue weighted by Crippen LogP contribution is 2.23. The van der Waals surface area contributed by atoms with E-state index < -0.39 is 12.0 Å². The third kappa shape index (κ3) is 4.01. The van der Waals surface area contributed by atoms with Crippen molar-refractivity contribution in [2.24, 2.45) is 0 Å². The van der Waals surface area contributed by atoms with Crippen molar-refractivity contribution >= 4 is 23.3 Å². The molecule has 12 heteroatoms. The van der Waals surface area contributed by atoms with Gasteiger partial charge in [0, 0.05) is 36.5 Å². The van der Waals surface area contributed by atoms with Crippen LogP contribution in [-0.2, 0) is 13.0 Å². The van der Waals surface area contributed by atoms with E-state index in [0.29, 0.717) is 30.3 Å². The Hall–Kier alpha value is -4.09. The number of aryl methyl sites for hydroxylation is 1. The fourth-order valence-corrected chi connectivity index (χ4v) is 2.79. The number of nitrogen functional groups attached to an aromatic ring is 1. The molecule has 0 aliphatic heterocycles. The molecule has 0 radical (unpaired) electrons. The van der Waals surface area contributed by atoms with Crippen molar-refractivity contribution < 1.29 is 9.18 Å². The molecule has 0 unspecified atom stereocenters. The lowest BCUT2D eigenvalue weighted by Gasteiger charge is -2.04. The molecule has 4 heterocycles. The highest BCUT2D eigenvalue weighted by Gasteiger charge is 2.15. The van der Waals surface area contributed by atoms with E-state index in [1.54, 1.807) is 36.7 Å². The third-order valence-electron chi connectivity index (χ3n) is 4.32. The van der Waals surface area contributed by atoms with E-state index in [-0.39, 0.29) is 12.4 Å². The first-order valence-corrected chi connectivity index (χ1v) is 9.24. The minimum absolute atomic E-state index is 0.171. The van der Waals surface area contributed by atoms with E-state index in [4.69, 9.17) is 5.73 Å². The summed E-state index contributed by atoms with van der Waals surface area (Å²) in [5, 5.41) is 16.9. The standard InChI is InChI=1S/C18H19FN10O/c1-2-29-26-14(25-27-29)7-8-21-18(30)24-17-16(19)28-10-12(4-6-15(28)23-17)11-3-5-13(20)22-9-11/h3-6,9-10H,2,7-8H2,1H3,(H2,20,22)(H2,21,24,30).